The van der Waals surface area contributed by atoms with Gasteiger partial charge in [-0.15, -0.1) is 0 Å². The zero-order valence-electron chi connectivity index (χ0n) is 11.3. The van der Waals surface area contributed by atoms with Gasteiger partial charge in [0.1, 0.15) is 5.82 Å². The smallest absolute Gasteiger partial charge is 0.319 e. The van der Waals surface area contributed by atoms with E-state index in [2.05, 4.69) is 10.6 Å². The van der Waals surface area contributed by atoms with Gasteiger partial charge < -0.3 is 15.7 Å². The molecule has 7 heteroatoms. The molecule has 0 unspecified atom stereocenters. The quantitative estimate of drug-likeness (QED) is 0.780. The van der Waals surface area contributed by atoms with Gasteiger partial charge in [0.05, 0.1) is 17.1 Å². The van der Waals surface area contributed by atoms with E-state index in [-0.39, 0.29) is 16.9 Å². The summed E-state index contributed by atoms with van der Waals surface area (Å²) in [5.41, 5.74) is -0.0491. The Morgan fingerprint density at radius 2 is 2.10 bits per heavy atom. The molecule has 3 N–H and O–H groups in total. The van der Waals surface area contributed by atoms with E-state index in [1.54, 1.807) is 0 Å². The Balaban J connectivity index is 1.88. The maximum atomic E-state index is 12.9. The van der Waals surface area contributed by atoms with Gasteiger partial charge in [-0.25, -0.2) is 9.18 Å². The van der Waals surface area contributed by atoms with E-state index in [0.29, 0.717) is 12.2 Å². The number of amides is 2. The lowest BCUT2D eigenvalue weighted by Gasteiger charge is -2.40. The molecule has 0 spiro atoms. The van der Waals surface area contributed by atoms with Gasteiger partial charge in [0.25, 0.3) is 0 Å². The zero-order valence-corrected chi connectivity index (χ0v) is 12.0. The van der Waals surface area contributed by atoms with Gasteiger partial charge in [-0.05, 0) is 36.5 Å². The fourth-order valence-electron chi connectivity index (χ4n) is 2.44. The molecular formula is C14H16ClFN2O3. The van der Waals surface area contributed by atoms with E-state index in [1.807, 2.05) is 0 Å². The largest absolute Gasteiger partial charge is 0.481 e. The highest BCUT2D eigenvalue weighted by atomic mass is 35.5. The Labute approximate surface area is 126 Å². The Bertz CT molecular complexity index is 561. The number of halogens is 2. The number of aliphatic carboxylic acids is 1. The number of benzene rings is 1. The maximum Gasteiger partial charge on any atom is 0.319 e. The van der Waals surface area contributed by atoms with Crippen LogP contribution in [0.2, 0.25) is 5.02 Å². The van der Waals surface area contributed by atoms with Crippen LogP contribution in [-0.2, 0) is 4.79 Å². The van der Waals surface area contributed by atoms with Crippen molar-refractivity contribution in [1.82, 2.24) is 5.32 Å². The normalized spacial score (nSPS) is 15.9. The van der Waals surface area contributed by atoms with E-state index in [9.17, 15) is 14.0 Å². The Morgan fingerprint density at radius 3 is 2.62 bits per heavy atom. The molecule has 1 aromatic carbocycles. The van der Waals surface area contributed by atoms with Gasteiger partial charge in [0.2, 0.25) is 0 Å². The summed E-state index contributed by atoms with van der Waals surface area (Å²) in [6.07, 6.45) is 2.60. The van der Waals surface area contributed by atoms with Crippen LogP contribution < -0.4 is 10.6 Å². The third kappa shape index (κ3) is 4.07. The molecule has 0 aliphatic heterocycles. The number of nitrogens with one attached hydrogen (secondary N) is 2. The second-order valence-electron chi connectivity index (χ2n) is 5.36. The number of hydrogen-bond acceptors (Lipinski definition) is 2. The lowest BCUT2D eigenvalue weighted by atomic mass is 9.66. The average molecular weight is 315 g/mol. The number of carbonyl (C=O) groups is 2. The molecule has 1 aliphatic carbocycles. The molecule has 21 heavy (non-hydrogen) atoms. The number of carbonyl (C=O) groups excluding carboxylic acids is 1. The van der Waals surface area contributed by atoms with Crippen LogP contribution in [0, 0.1) is 11.2 Å². The van der Waals surface area contributed by atoms with Crippen LogP contribution in [0.15, 0.2) is 18.2 Å². The van der Waals surface area contributed by atoms with Gasteiger partial charge >= 0.3 is 12.0 Å². The number of anilines is 1. The molecule has 1 saturated carbocycles. The molecule has 0 bridgehead atoms. The number of carboxylic acids is 1. The highest BCUT2D eigenvalue weighted by molar-refractivity contribution is 6.33. The fraction of sp³-hybridized carbons (Fsp3) is 0.429. The number of hydrogen-bond donors (Lipinski definition) is 3. The summed E-state index contributed by atoms with van der Waals surface area (Å²) >= 11 is 5.81. The number of rotatable bonds is 5. The van der Waals surface area contributed by atoms with Gasteiger partial charge in [-0.3, -0.25) is 4.79 Å². The second kappa shape index (κ2) is 6.30. The predicted octanol–water partition coefficient (Wildman–Crippen LogP) is 3.25. The van der Waals surface area contributed by atoms with Crippen molar-refractivity contribution >= 4 is 29.3 Å². The van der Waals surface area contributed by atoms with Crippen molar-refractivity contribution < 1.29 is 19.1 Å². The molecule has 0 aromatic heterocycles. The van der Waals surface area contributed by atoms with Crippen LogP contribution in [0.5, 0.6) is 0 Å². The molecule has 114 valence electrons. The van der Waals surface area contributed by atoms with Crippen molar-refractivity contribution in [3.63, 3.8) is 0 Å². The summed E-state index contributed by atoms with van der Waals surface area (Å²) < 4.78 is 12.9. The van der Waals surface area contributed by atoms with E-state index in [4.69, 9.17) is 16.7 Å². The van der Waals surface area contributed by atoms with Crippen molar-refractivity contribution in [3.8, 4) is 0 Å². The van der Waals surface area contributed by atoms with Crippen LogP contribution in [0.25, 0.3) is 0 Å². The summed E-state index contributed by atoms with van der Waals surface area (Å²) in [5, 5.41) is 14.2. The van der Waals surface area contributed by atoms with Crippen molar-refractivity contribution in [1.29, 1.82) is 0 Å². The average Bonchev–Trinajstić information content (AvgIpc) is 2.35. The van der Waals surface area contributed by atoms with Gasteiger partial charge in [-0.2, -0.15) is 0 Å². The summed E-state index contributed by atoms with van der Waals surface area (Å²) in [5.74, 6) is -1.35. The van der Waals surface area contributed by atoms with E-state index in [1.165, 1.54) is 12.1 Å². The first-order valence-corrected chi connectivity index (χ1v) is 7.00. The number of urea groups is 1. The first kappa shape index (κ1) is 15.6. The molecule has 2 rings (SSSR count). The monoisotopic (exact) mass is 314 g/mol. The third-order valence-electron chi connectivity index (χ3n) is 3.74. The standard InChI is InChI=1S/C14H16ClFN2O3/c15-10-6-9(16)2-3-11(10)18-13(21)17-8-14(4-1-5-14)7-12(19)20/h2-3,6H,1,4-5,7-8H2,(H,19,20)(H2,17,18,21). The summed E-state index contributed by atoms with van der Waals surface area (Å²) in [6, 6.07) is 3.18. The van der Waals surface area contributed by atoms with Crippen molar-refractivity contribution in [2.45, 2.75) is 25.7 Å². The summed E-state index contributed by atoms with van der Waals surface area (Å²) in [4.78, 5) is 22.6. The summed E-state index contributed by atoms with van der Waals surface area (Å²) in [6.45, 7) is 0.296. The minimum absolute atomic E-state index is 0.0462. The van der Waals surface area contributed by atoms with E-state index >= 15 is 0 Å². The molecule has 1 aliphatic rings. The third-order valence-corrected chi connectivity index (χ3v) is 4.06. The van der Waals surface area contributed by atoms with Crippen LogP contribution in [-0.4, -0.2) is 23.7 Å². The SMILES string of the molecule is O=C(O)CC1(CNC(=O)Nc2ccc(F)cc2Cl)CCC1. The minimum atomic E-state index is -0.863. The van der Waals surface area contributed by atoms with Crippen LogP contribution in [0.3, 0.4) is 0 Å². The summed E-state index contributed by atoms with van der Waals surface area (Å²) in [7, 11) is 0. The lowest BCUT2D eigenvalue weighted by molar-refractivity contribution is -0.141. The molecule has 0 heterocycles. The zero-order chi connectivity index (χ0) is 15.5. The molecule has 0 saturated heterocycles. The highest BCUT2D eigenvalue weighted by Gasteiger charge is 2.39. The Kier molecular flexibility index (Phi) is 4.67. The number of carboxylic acid groups (broad SMARTS) is 1. The molecule has 0 atom stereocenters. The Morgan fingerprint density at radius 1 is 1.38 bits per heavy atom. The van der Waals surface area contributed by atoms with E-state index < -0.39 is 17.8 Å². The van der Waals surface area contributed by atoms with E-state index in [0.717, 1.165) is 25.3 Å². The Hall–Kier alpha value is -1.82. The second-order valence-corrected chi connectivity index (χ2v) is 5.76. The molecular weight excluding hydrogens is 299 g/mol. The van der Waals surface area contributed by atoms with Crippen molar-refractivity contribution in [2.75, 3.05) is 11.9 Å². The van der Waals surface area contributed by atoms with Crippen LogP contribution in [0.4, 0.5) is 14.9 Å². The fourth-order valence-corrected chi connectivity index (χ4v) is 2.65. The van der Waals surface area contributed by atoms with Crippen molar-refractivity contribution in [2.24, 2.45) is 5.41 Å². The molecule has 5 nitrogen and oxygen atoms in total. The molecule has 1 aromatic rings. The van der Waals surface area contributed by atoms with Crippen LogP contribution >= 0.6 is 11.6 Å². The molecule has 2 amide bonds. The molecule has 1 fully saturated rings. The molecule has 0 radical (unpaired) electrons. The first-order chi connectivity index (χ1) is 9.90. The van der Waals surface area contributed by atoms with Gasteiger partial charge in [-0.1, -0.05) is 18.0 Å². The highest BCUT2D eigenvalue weighted by Crippen LogP contribution is 2.43. The van der Waals surface area contributed by atoms with Gasteiger partial charge in [0, 0.05) is 6.54 Å². The lowest BCUT2D eigenvalue weighted by Crippen LogP contribution is -2.44. The topological polar surface area (TPSA) is 78.4 Å². The van der Waals surface area contributed by atoms with Crippen molar-refractivity contribution in [3.05, 3.63) is 29.0 Å². The maximum absolute atomic E-state index is 12.9. The van der Waals surface area contributed by atoms with Gasteiger partial charge in [0.15, 0.2) is 0 Å². The first-order valence-electron chi connectivity index (χ1n) is 6.62. The van der Waals surface area contributed by atoms with Crippen LogP contribution in [0.1, 0.15) is 25.7 Å². The minimum Gasteiger partial charge on any atom is -0.481 e. The predicted molar refractivity (Wildman–Crippen MR) is 77.0 cm³/mol.